The summed E-state index contributed by atoms with van der Waals surface area (Å²) in [5.74, 6) is 0.541. The van der Waals surface area contributed by atoms with E-state index in [1.807, 2.05) is 65.6 Å². The number of likely N-dealkylation sites (tertiary alicyclic amines) is 1. The van der Waals surface area contributed by atoms with E-state index in [-0.39, 0.29) is 18.0 Å². The third-order valence-electron chi connectivity index (χ3n) is 6.53. The third kappa shape index (κ3) is 4.58. The number of carbonyl (C=O) groups excluding carboxylic acids is 1. The van der Waals surface area contributed by atoms with Crippen LogP contribution in [0.4, 0.5) is 0 Å². The molecule has 0 spiro atoms. The number of aromatic nitrogens is 2. The molecule has 2 heterocycles. The maximum absolute atomic E-state index is 13.1. The molecule has 4 aromatic rings. The summed E-state index contributed by atoms with van der Waals surface area (Å²) in [4.78, 5) is 28.1. The van der Waals surface area contributed by atoms with E-state index < -0.39 is 0 Å². The second-order valence-electron chi connectivity index (χ2n) is 8.74. The van der Waals surface area contributed by atoms with Gasteiger partial charge in [-0.3, -0.25) is 9.59 Å². The number of carbonyl (C=O) groups is 1. The van der Waals surface area contributed by atoms with Gasteiger partial charge in [0.15, 0.2) is 0 Å². The zero-order chi connectivity index (χ0) is 22.6. The lowest BCUT2D eigenvalue weighted by molar-refractivity contribution is -0.133. The Kier molecular flexibility index (Phi) is 6.03. The summed E-state index contributed by atoms with van der Waals surface area (Å²) in [5, 5.41) is 6.02. The number of piperidine rings is 1. The van der Waals surface area contributed by atoms with Gasteiger partial charge in [-0.15, -0.1) is 0 Å². The molecule has 5 rings (SSSR count). The highest BCUT2D eigenvalue weighted by Crippen LogP contribution is 2.25. The molecule has 0 saturated carbocycles. The van der Waals surface area contributed by atoms with Crippen LogP contribution in [0, 0.1) is 5.92 Å². The van der Waals surface area contributed by atoms with Crippen LogP contribution in [0.25, 0.3) is 22.0 Å². The molecule has 0 N–H and O–H groups in total. The van der Waals surface area contributed by atoms with Crippen LogP contribution >= 0.6 is 0 Å². The largest absolute Gasteiger partial charge is 0.341 e. The molecule has 1 aliphatic rings. The van der Waals surface area contributed by atoms with E-state index in [4.69, 9.17) is 0 Å². The summed E-state index contributed by atoms with van der Waals surface area (Å²) >= 11 is 0. The van der Waals surface area contributed by atoms with Crippen LogP contribution in [0.5, 0.6) is 0 Å². The van der Waals surface area contributed by atoms with Crippen molar-refractivity contribution in [2.75, 3.05) is 13.1 Å². The van der Waals surface area contributed by atoms with E-state index in [2.05, 4.69) is 29.4 Å². The van der Waals surface area contributed by atoms with Crippen molar-refractivity contribution in [1.82, 2.24) is 14.7 Å². The Morgan fingerprint density at radius 1 is 0.818 bits per heavy atom. The zero-order valence-corrected chi connectivity index (χ0v) is 18.6. The van der Waals surface area contributed by atoms with Crippen molar-refractivity contribution in [2.24, 2.45) is 5.92 Å². The molecule has 0 radical (unpaired) electrons. The Labute approximate surface area is 193 Å². The van der Waals surface area contributed by atoms with Crippen molar-refractivity contribution in [3.63, 3.8) is 0 Å². The van der Waals surface area contributed by atoms with E-state index in [0.717, 1.165) is 49.0 Å². The number of amides is 1. The molecule has 166 valence electrons. The van der Waals surface area contributed by atoms with Gasteiger partial charge in [0.2, 0.25) is 5.91 Å². The lowest BCUT2D eigenvalue weighted by atomic mass is 9.90. The van der Waals surface area contributed by atoms with E-state index in [1.165, 1.54) is 10.2 Å². The van der Waals surface area contributed by atoms with Crippen molar-refractivity contribution in [3.8, 4) is 11.3 Å². The Morgan fingerprint density at radius 2 is 1.42 bits per heavy atom. The highest BCUT2D eigenvalue weighted by Gasteiger charge is 2.24. The fourth-order valence-electron chi connectivity index (χ4n) is 4.71. The summed E-state index contributed by atoms with van der Waals surface area (Å²) in [6.45, 7) is 1.42. The first kappa shape index (κ1) is 21.1. The zero-order valence-electron chi connectivity index (χ0n) is 18.6. The highest BCUT2D eigenvalue weighted by molar-refractivity contribution is 5.93. The van der Waals surface area contributed by atoms with Gasteiger partial charge in [-0.2, -0.15) is 5.10 Å². The van der Waals surface area contributed by atoms with Crippen LogP contribution in [0.1, 0.15) is 18.4 Å². The molecule has 1 aromatic heterocycles. The van der Waals surface area contributed by atoms with Gasteiger partial charge in [-0.05, 0) is 36.8 Å². The predicted octanol–water partition coefficient (Wildman–Crippen LogP) is 4.54. The summed E-state index contributed by atoms with van der Waals surface area (Å²) in [5.41, 5.74) is 2.78. The van der Waals surface area contributed by atoms with Crippen molar-refractivity contribution in [1.29, 1.82) is 0 Å². The van der Waals surface area contributed by atoms with Crippen LogP contribution in [0.15, 0.2) is 89.7 Å². The summed E-state index contributed by atoms with van der Waals surface area (Å²) < 4.78 is 1.34. The van der Waals surface area contributed by atoms with Crippen molar-refractivity contribution >= 4 is 16.7 Å². The van der Waals surface area contributed by atoms with Crippen LogP contribution in [-0.2, 0) is 17.8 Å². The first-order valence-corrected chi connectivity index (χ1v) is 11.6. The minimum absolute atomic E-state index is 0.0349. The third-order valence-corrected chi connectivity index (χ3v) is 6.53. The molecule has 0 bridgehead atoms. The molecule has 3 aromatic carbocycles. The topological polar surface area (TPSA) is 55.2 Å². The van der Waals surface area contributed by atoms with Gasteiger partial charge in [0, 0.05) is 24.0 Å². The maximum atomic E-state index is 13.1. The molecule has 5 heteroatoms. The minimum atomic E-state index is -0.224. The van der Waals surface area contributed by atoms with E-state index in [0.29, 0.717) is 11.3 Å². The van der Waals surface area contributed by atoms with E-state index in [1.54, 1.807) is 0 Å². The number of hydrogen-bond acceptors (Lipinski definition) is 3. The lowest BCUT2D eigenvalue weighted by Crippen LogP contribution is -2.42. The second-order valence-corrected chi connectivity index (χ2v) is 8.74. The maximum Gasteiger partial charge on any atom is 0.275 e. The number of nitrogens with zero attached hydrogens (tertiary/aromatic N) is 3. The standard InChI is InChI=1S/C28H27N3O2/c32-26(30-17-15-22(16-18-30)19-21-9-3-1-4-10-21)20-31-28(33)25-14-8-7-13-24(25)27(29-31)23-11-5-2-6-12-23/h1-14,22H,15-20H2. The number of fused-ring (bicyclic) bond motifs is 1. The molecule has 0 aliphatic carbocycles. The van der Waals surface area contributed by atoms with Gasteiger partial charge in [0.1, 0.15) is 6.54 Å². The Morgan fingerprint density at radius 3 is 2.12 bits per heavy atom. The highest BCUT2D eigenvalue weighted by atomic mass is 16.2. The fraction of sp³-hybridized carbons (Fsp3) is 0.250. The molecule has 33 heavy (non-hydrogen) atoms. The van der Waals surface area contributed by atoms with Gasteiger partial charge in [0.05, 0.1) is 11.1 Å². The predicted molar refractivity (Wildman–Crippen MR) is 131 cm³/mol. The Balaban J connectivity index is 1.34. The first-order valence-electron chi connectivity index (χ1n) is 11.6. The second kappa shape index (κ2) is 9.41. The number of hydrogen-bond donors (Lipinski definition) is 0. The molecular formula is C28H27N3O2. The normalized spacial score (nSPS) is 14.5. The van der Waals surface area contributed by atoms with E-state index >= 15 is 0 Å². The SMILES string of the molecule is O=C(Cn1nc(-c2ccccc2)c2ccccc2c1=O)N1CCC(Cc2ccccc2)CC1. The Bertz CT molecular complexity index is 1310. The smallest absolute Gasteiger partial charge is 0.275 e. The van der Waals surface area contributed by atoms with E-state index in [9.17, 15) is 9.59 Å². The van der Waals surface area contributed by atoms with Crippen molar-refractivity contribution in [2.45, 2.75) is 25.8 Å². The van der Waals surface area contributed by atoms with Crippen LogP contribution in [0.3, 0.4) is 0 Å². The molecule has 1 aliphatic heterocycles. The van der Waals surface area contributed by atoms with Crippen molar-refractivity contribution < 1.29 is 4.79 Å². The summed E-state index contributed by atoms with van der Waals surface area (Å²) in [7, 11) is 0. The quantitative estimate of drug-likeness (QED) is 0.460. The van der Waals surface area contributed by atoms with Gasteiger partial charge >= 0.3 is 0 Å². The average molecular weight is 438 g/mol. The van der Waals surface area contributed by atoms with Crippen LogP contribution in [-0.4, -0.2) is 33.7 Å². The summed E-state index contributed by atoms with van der Waals surface area (Å²) in [6, 6.07) is 27.8. The molecule has 1 amide bonds. The first-order chi connectivity index (χ1) is 16.2. The Hall–Kier alpha value is -3.73. The fourth-order valence-corrected chi connectivity index (χ4v) is 4.71. The summed E-state index contributed by atoms with van der Waals surface area (Å²) in [6.07, 6.45) is 3.01. The molecule has 1 fully saturated rings. The van der Waals surface area contributed by atoms with Crippen LogP contribution < -0.4 is 5.56 Å². The molecule has 5 nitrogen and oxygen atoms in total. The molecule has 1 saturated heterocycles. The molecular weight excluding hydrogens is 410 g/mol. The number of rotatable bonds is 5. The van der Waals surface area contributed by atoms with Gasteiger partial charge in [-0.1, -0.05) is 78.9 Å². The van der Waals surface area contributed by atoms with Gasteiger partial charge in [0.25, 0.3) is 5.56 Å². The minimum Gasteiger partial charge on any atom is -0.341 e. The van der Waals surface area contributed by atoms with Gasteiger partial charge < -0.3 is 4.90 Å². The molecule has 0 unspecified atom stereocenters. The van der Waals surface area contributed by atoms with Gasteiger partial charge in [-0.25, -0.2) is 4.68 Å². The monoisotopic (exact) mass is 437 g/mol. The number of benzene rings is 3. The molecule has 0 atom stereocenters. The van der Waals surface area contributed by atoms with Crippen molar-refractivity contribution in [3.05, 3.63) is 101 Å². The average Bonchev–Trinajstić information content (AvgIpc) is 2.87. The van der Waals surface area contributed by atoms with Crippen LogP contribution in [0.2, 0.25) is 0 Å². The lowest BCUT2D eigenvalue weighted by Gasteiger charge is -2.32.